The molecule has 1 aliphatic heterocycles. The monoisotopic (exact) mass is 252 g/mol. The summed E-state index contributed by atoms with van der Waals surface area (Å²) in [5.74, 6) is 0.660. The molecule has 0 saturated carbocycles. The van der Waals surface area contributed by atoms with Gasteiger partial charge in [-0.3, -0.25) is 4.79 Å². The van der Waals surface area contributed by atoms with Crippen molar-refractivity contribution in [3.63, 3.8) is 0 Å². The standard InChI is InChI=1S/C13H17ClN2O/c14-12-3-1-10(2-4-12)7-13(17)16-6-5-11(8-15)9-16/h1-4,11H,5-9,15H2/t11-/m1/s1. The molecule has 0 aromatic heterocycles. The van der Waals surface area contributed by atoms with E-state index in [9.17, 15) is 4.79 Å². The van der Waals surface area contributed by atoms with Crippen LogP contribution in [-0.4, -0.2) is 30.4 Å². The molecule has 0 aliphatic carbocycles. The van der Waals surface area contributed by atoms with Gasteiger partial charge in [0.05, 0.1) is 6.42 Å². The molecule has 17 heavy (non-hydrogen) atoms. The van der Waals surface area contributed by atoms with E-state index < -0.39 is 0 Å². The molecule has 2 rings (SSSR count). The summed E-state index contributed by atoms with van der Waals surface area (Å²) in [6, 6.07) is 7.43. The molecule has 1 aromatic rings. The Morgan fingerprint density at radius 3 is 2.71 bits per heavy atom. The van der Waals surface area contributed by atoms with Crippen molar-refractivity contribution in [3.05, 3.63) is 34.9 Å². The smallest absolute Gasteiger partial charge is 0.226 e. The van der Waals surface area contributed by atoms with Gasteiger partial charge in [-0.1, -0.05) is 23.7 Å². The van der Waals surface area contributed by atoms with Gasteiger partial charge < -0.3 is 10.6 Å². The number of carbonyl (C=O) groups excluding carboxylic acids is 1. The van der Waals surface area contributed by atoms with Gasteiger partial charge in [0.25, 0.3) is 0 Å². The van der Waals surface area contributed by atoms with Gasteiger partial charge in [-0.15, -0.1) is 0 Å². The molecule has 2 N–H and O–H groups in total. The van der Waals surface area contributed by atoms with Crippen LogP contribution in [0.1, 0.15) is 12.0 Å². The molecule has 4 heteroatoms. The SMILES string of the molecule is NC[C@H]1CCN(C(=O)Cc2ccc(Cl)cc2)C1. The van der Waals surface area contributed by atoms with Crippen LogP contribution in [0.4, 0.5) is 0 Å². The van der Waals surface area contributed by atoms with Crippen LogP contribution in [0.15, 0.2) is 24.3 Å². The van der Waals surface area contributed by atoms with E-state index in [-0.39, 0.29) is 5.91 Å². The molecule has 1 aliphatic rings. The average Bonchev–Trinajstić information content (AvgIpc) is 2.81. The lowest BCUT2D eigenvalue weighted by molar-refractivity contribution is -0.129. The zero-order chi connectivity index (χ0) is 12.3. The van der Waals surface area contributed by atoms with Gasteiger partial charge in [-0.05, 0) is 36.6 Å². The third-order valence-corrected chi connectivity index (χ3v) is 3.49. The van der Waals surface area contributed by atoms with Gasteiger partial charge in [0.2, 0.25) is 5.91 Å². The van der Waals surface area contributed by atoms with Crippen LogP contribution in [-0.2, 0) is 11.2 Å². The fraction of sp³-hybridized carbons (Fsp3) is 0.462. The molecule has 1 amide bonds. The lowest BCUT2D eigenvalue weighted by atomic mass is 10.1. The number of hydrogen-bond donors (Lipinski definition) is 1. The molecule has 1 heterocycles. The van der Waals surface area contributed by atoms with Gasteiger partial charge in [0.15, 0.2) is 0 Å². The first-order chi connectivity index (χ1) is 8.19. The Morgan fingerprint density at radius 1 is 1.41 bits per heavy atom. The van der Waals surface area contributed by atoms with E-state index in [1.54, 1.807) is 0 Å². The van der Waals surface area contributed by atoms with E-state index in [1.165, 1.54) is 0 Å². The Balaban J connectivity index is 1.91. The molecule has 1 atom stereocenters. The molecule has 92 valence electrons. The van der Waals surface area contributed by atoms with Crippen molar-refractivity contribution in [1.29, 1.82) is 0 Å². The van der Waals surface area contributed by atoms with Crippen LogP contribution in [0.25, 0.3) is 0 Å². The molecule has 0 radical (unpaired) electrons. The van der Waals surface area contributed by atoms with Crippen LogP contribution in [0.5, 0.6) is 0 Å². The summed E-state index contributed by atoms with van der Waals surface area (Å²) in [5.41, 5.74) is 6.62. The third-order valence-electron chi connectivity index (χ3n) is 3.24. The number of halogens is 1. The van der Waals surface area contributed by atoms with Crippen LogP contribution in [0.3, 0.4) is 0 Å². The van der Waals surface area contributed by atoms with Gasteiger partial charge >= 0.3 is 0 Å². The number of carbonyl (C=O) groups is 1. The van der Waals surface area contributed by atoms with E-state index >= 15 is 0 Å². The number of hydrogen-bond acceptors (Lipinski definition) is 2. The van der Waals surface area contributed by atoms with E-state index in [0.29, 0.717) is 23.9 Å². The molecule has 3 nitrogen and oxygen atoms in total. The Kier molecular flexibility index (Phi) is 4.02. The van der Waals surface area contributed by atoms with Crippen molar-refractivity contribution < 1.29 is 4.79 Å². The number of benzene rings is 1. The van der Waals surface area contributed by atoms with Crippen molar-refractivity contribution in [2.45, 2.75) is 12.8 Å². The third kappa shape index (κ3) is 3.20. The van der Waals surface area contributed by atoms with E-state index in [2.05, 4.69) is 0 Å². The fourth-order valence-electron chi connectivity index (χ4n) is 2.14. The van der Waals surface area contributed by atoms with Crippen molar-refractivity contribution in [1.82, 2.24) is 4.90 Å². The zero-order valence-corrected chi connectivity index (χ0v) is 10.5. The molecule has 1 aromatic carbocycles. The normalized spacial score (nSPS) is 19.6. The number of nitrogens with two attached hydrogens (primary N) is 1. The van der Waals surface area contributed by atoms with Crippen molar-refractivity contribution >= 4 is 17.5 Å². The second-order valence-electron chi connectivity index (χ2n) is 4.53. The molecular formula is C13H17ClN2O. The summed E-state index contributed by atoms with van der Waals surface area (Å²) in [7, 11) is 0. The summed E-state index contributed by atoms with van der Waals surface area (Å²) in [5, 5.41) is 0.700. The maximum Gasteiger partial charge on any atom is 0.226 e. The second kappa shape index (κ2) is 5.52. The van der Waals surface area contributed by atoms with Crippen molar-refractivity contribution in [2.24, 2.45) is 11.7 Å². The lowest BCUT2D eigenvalue weighted by Crippen LogP contribution is -2.31. The molecular weight excluding hydrogens is 236 g/mol. The predicted octanol–water partition coefficient (Wildman–Crippen LogP) is 1.69. The highest BCUT2D eigenvalue weighted by Gasteiger charge is 2.24. The highest BCUT2D eigenvalue weighted by molar-refractivity contribution is 6.30. The summed E-state index contributed by atoms with van der Waals surface area (Å²) in [4.78, 5) is 13.9. The minimum atomic E-state index is 0.184. The summed E-state index contributed by atoms with van der Waals surface area (Å²) in [6.45, 7) is 2.32. The number of amides is 1. The van der Waals surface area contributed by atoms with Gasteiger partial charge in [0, 0.05) is 18.1 Å². The summed E-state index contributed by atoms with van der Waals surface area (Å²) < 4.78 is 0. The Bertz CT molecular complexity index is 391. The van der Waals surface area contributed by atoms with E-state index in [0.717, 1.165) is 25.1 Å². The molecule has 1 saturated heterocycles. The molecule has 1 fully saturated rings. The molecule has 0 unspecified atom stereocenters. The quantitative estimate of drug-likeness (QED) is 0.890. The second-order valence-corrected chi connectivity index (χ2v) is 4.97. The van der Waals surface area contributed by atoms with Gasteiger partial charge in [-0.2, -0.15) is 0 Å². The van der Waals surface area contributed by atoms with Crippen molar-refractivity contribution in [3.8, 4) is 0 Å². The first kappa shape index (κ1) is 12.4. The highest BCUT2D eigenvalue weighted by Crippen LogP contribution is 2.17. The van der Waals surface area contributed by atoms with Crippen molar-refractivity contribution in [2.75, 3.05) is 19.6 Å². The Labute approximate surface area is 107 Å². The van der Waals surface area contributed by atoms with Gasteiger partial charge in [-0.25, -0.2) is 0 Å². The first-order valence-electron chi connectivity index (χ1n) is 5.91. The Morgan fingerprint density at radius 2 is 2.12 bits per heavy atom. The van der Waals surface area contributed by atoms with Gasteiger partial charge in [0.1, 0.15) is 0 Å². The minimum Gasteiger partial charge on any atom is -0.342 e. The number of likely N-dealkylation sites (tertiary alicyclic amines) is 1. The maximum absolute atomic E-state index is 12.0. The Hall–Kier alpha value is -1.06. The number of rotatable bonds is 3. The minimum absolute atomic E-state index is 0.184. The average molecular weight is 253 g/mol. The van der Waals surface area contributed by atoms with E-state index in [1.807, 2.05) is 29.2 Å². The largest absolute Gasteiger partial charge is 0.342 e. The highest BCUT2D eigenvalue weighted by atomic mass is 35.5. The maximum atomic E-state index is 12.0. The first-order valence-corrected chi connectivity index (χ1v) is 6.29. The zero-order valence-electron chi connectivity index (χ0n) is 9.73. The van der Waals surface area contributed by atoms with E-state index in [4.69, 9.17) is 17.3 Å². The number of nitrogens with zero attached hydrogens (tertiary/aromatic N) is 1. The van der Waals surface area contributed by atoms with Crippen LogP contribution in [0.2, 0.25) is 5.02 Å². The van der Waals surface area contributed by atoms with Crippen LogP contribution in [0, 0.1) is 5.92 Å². The lowest BCUT2D eigenvalue weighted by Gasteiger charge is -2.16. The predicted molar refractivity (Wildman–Crippen MR) is 68.9 cm³/mol. The van der Waals surface area contributed by atoms with Crippen LogP contribution < -0.4 is 5.73 Å². The molecule has 0 bridgehead atoms. The molecule has 0 spiro atoms. The summed E-state index contributed by atoms with van der Waals surface area (Å²) >= 11 is 5.80. The van der Waals surface area contributed by atoms with Crippen LogP contribution >= 0.6 is 11.6 Å². The topological polar surface area (TPSA) is 46.3 Å². The summed E-state index contributed by atoms with van der Waals surface area (Å²) in [6.07, 6.45) is 1.48. The fourth-order valence-corrected chi connectivity index (χ4v) is 2.27.